The molecule has 1 rings (SSSR count). The van der Waals surface area contributed by atoms with Gasteiger partial charge < -0.3 is 11.1 Å². The van der Waals surface area contributed by atoms with E-state index in [4.69, 9.17) is 5.73 Å². The minimum atomic E-state index is -0.459. The van der Waals surface area contributed by atoms with E-state index in [2.05, 4.69) is 10.3 Å². The second-order valence-electron chi connectivity index (χ2n) is 4.15. The molecule has 0 fully saturated rings. The number of aromatic nitrogens is 1. The van der Waals surface area contributed by atoms with Gasteiger partial charge in [-0.3, -0.25) is 4.79 Å². The van der Waals surface area contributed by atoms with Crippen LogP contribution in [-0.4, -0.2) is 17.4 Å². The van der Waals surface area contributed by atoms with Crippen molar-refractivity contribution in [1.29, 1.82) is 0 Å². The molecule has 1 aromatic heterocycles. The van der Waals surface area contributed by atoms with Crippen LogP contribution in [0.3, 0.4) is 0 Å². The third-order valence-electron chi connectivity index (χ3n) is 2.87. The van der Waals surface area contributed by atoms with Crippen molar-refractivity contribution >= 4 is 17.2 Å². The van der Waals surface area contributed by atoms with Crippen LogP contribution >= 0.6 is 11.3 Å². The zero-order chi connectivity index (χ0) is 12.2. The summed E-state index contributed by atoms with van der Waals surface area (Å²) in [5.74, 6) is 0.0172. The van der Waals surface area contributed by atoms with Gasteiger partial charge in [-0.2, -0.15) is 0 Å². The lowest BCUT2D eigenvalue weighted by Gasteiger charge is -2.24. The Balaban J connectivity index is 2.52. The van der Waals surface area contributed by atoms with Crippen molar-refractivity contribution in [3.8, 4) is 0 Å². The van der Waals surface area contributed by atoms with E-state index in [1.165, 1.54) is 0 Å². The van der Waals surface area contributed by atoms with E-state index >= 15 is 0 Å². The number of thiazole rings is 1. The van der Waals surface area contributed by atoms with E-state index in [0.29, 0.717) is 13.1 Å². The van der Waals surface area contributed by atoms with Crippen LogP contribution < -0.4 is 11.1 Å². The molecule has 0 radical (unpaired) electrons. The third kappa shape index (κ3) is 3.02. The van der Waals surface area contributed by atoms with Crippen molar-refractivity contribution in [1.82, 2.24) is 10.3 Å². The quantitative estimate of drug-likeness (QED) is 0.819. The molecule has 0 aliphatic carbocycles. The lowest BCUT2D eigenvalue weighted by molar-refractivity contribution is -0.130. The molecule has 4 nitrogen and oxygen atoms in total. The normalized spacial score (nSPS) is 14.5. The molecule has 0 bridgehead atoms. The van der Waals surface area contributed by atoms with Gasteiger partial charge in [0, 0.05) is 17.6 Å². The molecular formula is C11H19N3OS. The highest BCUT2D eigenvalue weighted by Crippen LogP contribution is 2.19. The average molecular weight is 241 g/mol. The van der Waals surface area contributed by atoms with Crippen molar-refractivity contribution < 1.29 is 4.79 Å². The van der Waals surface area contributed by atoms with Gasteiger partial charge in [0.25, 0.3) is 0 Å². The maximum atomic E-state index is 11.9. The number of carbonyl (C=O) groups is 1. The van der Waals surface area contributed by atoms with Crippen LogP contribution in [0.25, 0.3) is 0 Å². The number of rotatable bonds is 5. The molecule has 0 spiro atoms. The van der Waals surface area contributed by atoms with E-state index in [1.807, 2.05) is 20.8 Å². The maximum absolute atomic E-state index is 11.9. The van der Waals surface area contributed by atoms with E-state index in [9.17, 15) is 4.79 Å². The van der Waals surface area contributed by atoms with Crippen molar-refractivity contribution in [2.45, 2.75) is 33.7 Å². The van der Waals surface area contributed by atoms with Gasteiger partial charge in [0.2, 0.25) is 5.91 Å². The fourth-order valence-corrected chi connectivity index (χ4v) is 2.00. The Labute approximate surface area is 100 Å². The molecule has 16 heavy (non-hydrogen) atoms. The summed E-state index contributed by atoms with van der Waals surface area (Å²) in [6.45, 7) is 6.73. The molecule has 1 heterocycles. The zero-order valence-electron chi connectivity index (χ0n) is 10.0. The number of hydrogen-bond acceptors (Lipinski definition) is 4. The van der Waals surface area contributed by atoms with Crippen LogP contribution in [0.2, 0.25) is 0 Å². The molecule has 1 aromatic rings. The lowest BCUT2D eigenvalue weighted by Crippen LogP contribution is -2.43. The Hall–Kier alpha value is -0.940. The number of aryl methyl sites for hydroxylation is 1. The van der Waals surface area contributed by atoms with Crippen LogP contribution in [-0.2, 0) is 11.3 Å². The Kier molecular flexibility index (Phi) is 4.44. The molecule has 3 N–H and O–H groups in total. The molecule has 5 heteroatoms. The first-order valence-corrected chi connectivity index (χ1v) is 6.23. The Bertz CT molecular complexity index is 358. The average Bonchev–Trinajstić information content (AvgIpc) is 2.70. The van der Waals surface area contributed by atoms with Gasteiger partial charge in [-0.05, 0) is 20.3 Å². The van der Waals surface area contributed by atoms with Crippen LogP contribution in [0.15, 0.2) is 6.20 Å². The van der Waals surface area contributed by atoms with Crippen LogP contribution in [0.5, 0.6) is 0 Å². The fourth-order valence-electron chi connectivity index (χ4n) is 1.27. The molecule has 0 aliphatic rings. The molecule has 1 atom stereocenters. The van der Waals surface area contributed by atoms with Gasteiger partial charge in [-0.15, -0.1) is 11.3 Å². The minimum Gasteiger partial charge on any atom is -0.351 e. The summed E-state index contributed by atoms with van der Waals surface area (Å²) in [5, 5.41) is 3.92. The highest BCUT2D eigenvalue weighted by Gasteiger charge is 2.29. The van der Waals surface area contributed by atoms with Gasteiger partial charge in [-0.1, -0.05) is 6.92 Å². The number of amides is 1. The number of hydrogen-bond donors (Lipinski definition) is 2. The number of nitrogens with zero attached hydrogens (tertiary/aromatic N) is 1. The summed E-state index contributed by atoms with van der Waals surface area (Å²) >= 11 is 1.60. The van der Waals surface area contributed by atoms with Crippen molar-refractivity contribution in [3.63, 3.8) is 0 Å². The monoisotopic (exact) mass is 241 g/mol. The van der Waals surface area contributed by atoms with Gasteiger partial charge >= 0.3 is 0 Å². The number of nitrogens with one attached hydrogen (secondary N) is 1. The summed E-state index contributed by atoms with van der Waals surface area (Å²) in [6.07, 6.45) is 2.54. The maximum Gasteiger partial charge on any atom is 0.227 e. The van der Waals surface area contributed by atoms with Gasteiger partial charge in [0.1, 0.15) is 0 Å². The number of carbonyl (C=O) groups excluding carboxylic acids is 1. The second kappa shape index (κ2) is 5.41. The third-order valence-corrected chi connectivity index (χ3v) is 3.78. The summed E-state index contributed by atoms with van der Waals surface area (Å²) in [6, 6.07) is 0. The molecular weight excluding hydrogens is 222 g/mol. The van der Waals surface area contributed by atoms with Crippen molar-refractivity contribution in [3.05, 3.63) is 16.1 Å². The van der Waals surface area contributed by atoms with E-state index in [0.717, 1.165) is 16.3 Å². The minimum absolute atomic E-state index is 0.0172. The summed E-state index contributed by atoms with van der Waals surface area (Å²) < 4.78 is 0. The first-order valence-electron chi connectivity index (χ1n) is 5.41. The fraction of sp³-hybridized carbons (Fsp3) is 0.636. The molecule has 1 amide bonds. The van der Waals surface area contributed by atoms with E-state index in [1.54, 1.807) is 17.5 Å². The van der Waals surface area contributed by atoms with E-state index < -0.39 is 5.41 Å². The summed E-state index contributed by atoms with van der Waals surface area (Å²) in [5.41, 5.74) is 5.16. The Morgan fingerprint density at radius 2 is 2.38 bits per heavy atom. The lowest BCUT2D eigenvalue weighted by atomic mass is 9.87. The van der Waals surface area contributed by atoms with Gasteiger partial charge in [0.05, 0.1) is 17.0 Å². The molecule has 90 valence electrons. The molecule has 1 unspecified atom stereocenters. The van der Waals surface area contributed by atoms with Crippen molar-refractivity contribution in [2.75, 3.05) is 6.54 Å². The largest absolute Gasteiger partial charge is 0.351 e. The number of nitrogens with two attached hydrogens (primary N) is 1. The summed E-state index contributed by atoms with van der Waals surface area (Å²) in [4.78, 5) is 17.1. The van der Waals surface area contributed by atoms with E-state index in [-0.39, 0.29) is 5.91 Å². The highest BCUT2D eigenvalue weighted by molar-refractivity contribution is 7.11. The first kappa shape index (κ1) is 13.1. The molecule has 0 aromatic carbocycles. The SMILES string of the molecule is CCC(C)(CN)C(=O)NCc1cnc(C)s1. The van der Waals surface area contributed by atoms with Crippen LogP contribution in [0.1, 0.15) is 30.2 Å². The van der Waals surface area contributed by atoms with Crippen LogP contribution in [0.4, 0.5) is 0 Å². The zero-order valence-corrected chi connectivity index (χ0v) is 10.9. The molecule has 0 saturated carbocycles. The highest BCUT2D eigenvalue weighted by atomic mass is 32.1. The van der Waals surface area contributed by atoms with Gasteiger partial charge in [0.15, 0.2) is 0 Å². The topological polar surface area (TPSA) is 68.0 Å². The van der Waals surface area contributed by atoms with Crippen molar-refractivity contribution in [2.24, 2.45) is 11.1 Å². The summed E-state index contributed by atoms with van der Waals surface area (Å²) in [7, 11) is 0. The Morgan fingerprint density at radius 3 is 2.81 bits per heavy atom. The smallest absolute Gasteiger partial charge is 0.227 e. The van der Waals surface area contributed by atoms with Crippen LogP contribution in [0, 0.1) is 12.3 Å². The first-order chi connectivity index (χ1) is 7.51. The predicted molar refractivity (Wildman–Crippen MR) is 66.2 cm³/mol. The van der Waals surface area contributed by atoms with Gasteiger partial charge in [-0.25, -0.2) is 4.98 Å². The Morgan fingerprint density at radius 1 is 1.69 bits per heavy atom. The molecule has 0 aliphatic heterocycles. The predicted octanol–water partition coefficient (Wildman–Crippen LogP) is 1.44. The standard InChI is InChI=1S/C11H19N3OS/c1-4-11(3,7-12)10(15)14-6-9-5-13-8(2)16-9/h5H,4,6-7,12H2,1-3H3,(H,14,15). The second-order valence-corrected chi connectivity index (χ2v) is 5.47. The molecule has 0 saturated heterocycles.